The van der Waals surface area contributed by atoms with Gasteiger partial charge in [0.15, 0.2) is 0 Å². The van der Waals surface area contributed by atoms with E-state index in [0.717, 1.165) is 13.0 Å². The average Bonchev–Trinajstić information content (AvgIpc) is 2.83. The fourth-order valence-corrected chi connectivity index (χ4v) is 3.49. The van der Waals surface area contributed by atoms with Gasteiger partial charge in [0.2, 0.25) is 0 Å². The van der Waals surface area contributed by atoms with Gasteiger partial charge in [-0.2, -0.15) is 11.8 Å². The molecule has 0 amide bonds. The van der Waals surface area contributed by atoms with Crippen molar-refractivity contribution in [2.24, 2.45) is 0 Å². The standard InChI is InChI=1S/C14H19NO3S/c1-14(6-3-7-19-14)9-15-12-8-10(18-2)4-5-11(12)13(16)17/h4-5,8,15H,3,6-7,9H2,1-2H3,(H,16,17). The lowest BCUT2D eigenvalue weighted by atomic mass is 10.1. The van der Waals surface area contributed by atoms with Gasteiger partial charge in [-0.05, 0) is 37.7 Å². The lowest BCUT2D eigenvalue weighted by Crippen LogP contribution is -2.27. The molecule has 1 aromatic carbocycles. The monoisotopic (exact) mass is 281 g/mol. The number of benzene rings is 1. The van der Waals surface area contributed by atoms with Crippen molar-refractivity contribution in [1.29, 1.82) is 0 Å². The van der Waals surface area contributed by atoms with Crippen LogP contribution in [0.4, 0.5) is 5.69 Å². The molecular weight excluding hydrogens is 262 g/mol. The molecule has 1 saturated heterocycles. The molecule has 1 aromatic rings. The van der Waals surface area contributed by atoms with E-state index in [1.165, 1.54) is 12.2 Å². The van der Waals surface area contributed by atoms with E-state index in [1.807, 2.05) is 11.8 Å². The minimum Gasteiger partial charge on any atom is -0.497 e. The van der Waals surface area contributed by atoms with Gasteiger partial charge in [-0.25, -0.2) is 4.79 Å². The third-order valence-electron chi connectivity index (χ3n) is 3.41. The summed E-state index contributed by atoms with van der Waals surface area (Å²) in [4.78, 5) is 11.2. The van der Waals surface area contributed by atoms with E-state index in [1.54, 1.807) is 25.3 Å². The largest absolute Gasteiger partial charge is 0.497 e. The Kier molecular flexibility index (Phi) is 4.24. The second kappa shape index (κ2) is 5.74. The molecule has 1 aliphatic rings. The number of carboxylic acids is 1. The maximum absolute atomic E-state index is 11.2. The van der Waals surface area contributed by atoms with Crippen LogP contribution in [0.5, 0.6) is 5.75 Å². The van der Waals surface area contributed by atoms with Crippen molar-refractivity contribution < 1.29 is 14.6 Å². The Bertz CT molecular complexity index is 470. The van der Waals surface area contributed by atoms with Crippen LogP contribution in [0.3, 0.4) is 0 Å². The molecule has 4 nitrogen and oxygen atoms in total. The molecule has 104 valence electrons. The van der Waals surface area contributed by atoms with Gasteiger partial charge in [0.25, 0.3) is 0 Å². The molecule has 0 radical (unpaired) electrons. The lowest BCUT2D eigenvalue weighted by Gasteiger charge is -2.24. The van der Waals surface area contributed by atoms with Crippen LogP contribution in [0.25, 0.3) is 0 Å². The topological polar surface area (TPSA) is 58.6 Å². The summed E-state index contributed by atoms with van der Waals surface area (Å²) in [5.41, 5.74) is 0.910. The van der Waals surface area contributed by atoms with Crippen LogP contribution < -0.4 is 10.1 Å². The summed E-state index contributed by atoms with van der Waals surface area (Å²) in [5, 5.41) is 12.5. The average molecular weight is 281 g/mol. The quantitative estimate of drug-likeness (QED) is 0.868. The molecule has 2 N–H and O–H groups in total. The molecule has 1 aliphatic heterocycles. The van der Waals surface area contributed by atoms with E-state index in [0.29, 0.717) is 11.4 Å². The number of nitrogens with one attached hydrogen (secondary N) is 1. The number of hydrogen-bond acceptors (Lipinski definition) is 4. The fourth-order valence-electron chi connectivity index (χ4n) is 2.24. The first kappa shape index (κ1) is 14.1. The molecule has 1 heterocycles. The first-order valence-corrected chi connectivity index (χ1v) is 7.32. The lowest BCUT2D eigenvalue weighted by molar-refractivity contribution is 0.0698. The van der Waals surface area contributed by atoms with Crippen molar-refractivity contribution >= 4 is 23.4 Å². The maximum Gasteiger partial charge on any atom is 0.337 e. The van der Waals surface area contributed by atoms with E-state index in [-0.39, 0.29) is 10.3 Å². The molecule has 2 rings (SSSR count). The number of hydrogen-bond donors (Lipinski definition) is 2. The normalized spacial score (nSPS) is 22.2. The summed E-state index contributed by atoms with van der Waals surface area (Å²) >= 11 is 1.95. The van der Waals surface area contributed by atoms with Crippen LogP contribution in [0.1, 0.15) is 30.1 Å². The second-order valence-electron chi connectivity index (χ2n) is 4.97. The summed E-state index contributed by atoms with van der Waals surface area (Å²) in [6, 6.07) is 4.99. The molecule has 19 heavy (non-hydrogen) atoms. The molecular formula is C14H19NO3S. The highest BCUT2D eigenvalue weighted by Gasteiger charge is 2.29. The Labute approximate surface area is 117 Å². The van der Waals surface area contributed by atoms with Gasteiger partial charge >= 0.3 is 5.97 Å². The number of carbonyl (C=O) groups is 1. The first-order valence-electron chi connectivity index (χ1n) is 6.33. The third kappa shape index (κ3) is 3.35. The summed E-state index contributed by atoms with van der Waals surface area (Å²) in [6.07, 6.45) is 2.39. The van der Waals surface area contributed by atoms with Gasteiger partial charge in [0.1, 0.15) is 5.75 Å². The zero-order valence-electron chi connectivity index (χ0n) is 11.2. The predicted octanol–water partition coefficient (Wildman–Crippen LogP) is 3.09. The molecule has 5 heteroatoms. The number of anilines is 1. The number of thioether (sulfide) groups is 1. The molecule has 0 aromatic heterocycles. The number of carboxylic acid groups (broad SMARTS) is 1. The van der Waals surface area contributed by atoms with Crippen LogP contribution >= 0.6 is 11.8 Å². The first-order chi connectivity index (χ1) is 9.04. The second-order valence-corrected chi connectivity index (χ2v) is 6.65. The van der Waals surface area contributed by atoms with Gasteiger partial charge < -0.3 is 15.2 Å². The summed E-state index contributed by atoms with van der Waals surface area (Å²) < 4.78 is 5.34. The van der Waals surface area contributed by atoms with Crippen molar-refractivity contribution in [3.05, 3.63) is 23.8 Å². The third-order valence-corrected chi connectivity index (χ3v) is 4.95. The van der Waals surface area contributed by atoms with E-state index < -0.39 is 5.97 Å². The molecule has 0 spiro atoms. The summed E-state index contributed by atoms with van der Waals surface area (Å²) in [7, 11) is 1.58. The maximum atomic E-state index is 11.2. The van der Waals surface area contributed by atoms with Gasteiger partial charge in [-0.1, -0.05) is 0 Å². The number of aromatic carboxylic acids is 1. The Morgan fingerprint density at radius 2 is 2.37 bits per heavy atom. The minimum atomic E-state index is -0.922. The fraction of sp³-hybridized carbons (Fsp3) is 0.500. The van der Waals surface area contributed by atoms with Crippen molar-refractivity contribution in [2.45, 2.75) is 24.5 Å². The van der Waals surface area contributed by atoms with Crippen LogP contribution in [0.15, 0.2) is 18.2 Å². The summed E-state index contributed by atoms with van der Waals surface area (Å²) in [6.45, 7) is 2.99. The Morgan fingerprint density at radius 1 is 1.58 bits per heavy atom. The number of ether oxygens (including phenoxy) is 1. The van der Waals surface area contributed by atoms with Crippen LogP contribution in [0, 0.1) is 0 Å². The highest BCUT2D eigenvalue weighted by atomic mass is 32.2. The van der Waals surface area contributed by atoms with E-state index in [9.17, 15) is 9.90 Å². The molecule has 1 fully saturated rings. The van der Waals surface area contributed by atoms with Gasteiger partial charge in [-0.15, -0.1) is 0 Å². The van der Waals surface area contributed by atoms with Crippen molar-refractivity contribution in [3.8, 4) is 5.75 Å². The Morgan fingerprint density at radius 3 is 2.95 bits per heavy atom. The smallest absolute Gasteiger partial charge is 0.337 e. The van der Waals surface area contributed by atoms with Crippen molar-refractivity contribution in [3.63, 3.8) is 0 Å². The van der Waals surface area contributed by atoms with E-state index in [4.69, 9.17) is 4.74 Å². The van der Waals surface area contributed by atoms with E-state index in [2.05, 4.69) is 12.2 Å². The van der Waals surface area contributed by atoms with Crippen LogP contribution in [0.2, 0.25) is 0 Å². The minimum absolute atomic E-state index is 0.193. The Hall–Kier alpha value is -1.36. The van der Waals surface area contributed by atoms with Crippen molar-refractivity contribution in [1.82, 2.24) is 0 Å². The molecule has 1 atom stereocenters. The van der Waals surface area contributed by atoms with Gasteiger partial charge in [0, 0.05) is 17.4 Å². The molecule has 1 unspecified atom stereocenters. The van der Waals surface area contributed by atoms with Crippen molar-refractivity contribution in [2.75, 3.05) is 24.7 Å². The SMILES string of the molecule is COc1ccc(C(=O)O)c(NCC2(C)CCCS2)c1. The molecule has 0 saturated carbocycles. The number of methoxy groups -OCH3 is 1. The predicted molar refractivity (Wildman–Crippen MR) is 78.5 cm³/mol. The van der Waals surface area contributed by atoms with E-state index >= 15 is 0 Å². The zero-order valence-corrected chi connectivity index (χ0v) is 12.0. The van der Waals surface area contributed by atoms with Gasteiger partial charge in [-0.3, -0.25) is 0 Å². The molecule has 0 bridgehead atoms. The van der Waals surface area contributed by atoms with Gasteiger partial charge in [0.05, 0.1) is 18.4 Å². The molecule has 0 aliphatic carbocycles. The summed E-state index contributed by atoms with van der Waals surface area (Å²) in [5.74, 6) is 0.924. The zero-order chi connectivity index (χ0) is 13.9. The highest BCUT2D eigenvalue weighted by molar-refractivity contribution is 8.00. The Balaban J connectivity index is 2.15. The van der Waals surface area contributed by atoms with Crippen LogP contribution in [-0.4, -0.2) is 35.2 Å². The van der Waals surface area contributed by atoms with Crippen LogP contribution in [-0.2, 0) is 0 Å². The number of rotatable bonds is 5. The highest BCUT2D eigenvalue weighted by Crippen LogP contribution is 2.38.